The molecule has 4 atom stereocenters. The fourth-order valence-electron chi connectivity index (χ4n) is 3.48. The average molecular weight is 261 g/mol. The summed E-state index contributed by atoms with van der Waals surface area (Å²) in [7, 11) is 0. The normalized spacial score (nSPS) is 39.0. The van der Waals surface area contributed by atoms with E-state index < -0.39 is 36.3 Å². The van der Waals surface area contributed by atoms with Crippen LogP contribution in [0.2, 0.25) is 0 Å². The number of fused-ring (bicyclic) bond motifs is 2. The van der Waals surface area contributed by atoms with Crippen molar-refractivity contribution in [2.75, 3.05) is 6.54 Å². The first-order chi connectivity index (χ1) is 7.68. The summed E-state index contributed by atoms with van der Waals surface area (Å²) in [5.41, 5.74) is 0. The van der Waals surface area contributed by atoms with E-state index in [1.165, 1.54) is 4.90 Å². The molecule has 100 valence electrons. The summed E-state index contributed by atoms with van der Waals surface area (Å²) in [5, 5.41) is 0. The van der Waals surface area contributed by atoms with Crippen LogP contribution in [0.3, 0.4) is 0 Å². The number of hydrogen-bond donors (Lipinski definition) is 0. The molecule has 2 saturated heterocycles. The second-order valence-corrected chi connectivity index (χ2v) is 4.68. The van der Waals surface area contributed by atoms with Crippen LogP contribution in [0, 0.1) is 11.8 Å². The van der Waals surface area contributed by atoms with E-state index in [2.05, 4.69) is 0 Å². The standard InChI is InChI=1S/C10H13F6N/c1-2-17-5-3-4-6(17)8(10(14,15)16)7(5)9(11,12)13/h5-8H,2-4H2,1H3/t5?,6?,7-,8+. The number of halogens is 6. The quantitative estimate of drug-likeness (QED) is 0.655. The lowest BCUT2D eigenvalue weighted by atomic mass is 9.78. The average Bonchev–Trinajstić information content (AvgIpc) is 2.68. The molecule has 0 aromatic heterocycles. The highest BCUT2D eigenvalue weighted by molar-refractivity contribution is 5.09. The van der Waals surface area contributed by atoms with Crippen LogP contribution in [-0.4, -0.2) is 35.9 Å². The Labute approximate surface area is 94.8 Å². The Balaban J connectivity index is 2.36. The van der Waals surface area contributed by atoms with E-state index in [1.54, 1.807) is 6.92 Å². The van der Waals surface area contributed by atoms with E-state index in [0.29, 0.717) is 0 Å². The molecule has 2 aliphatic heterocycles. The minimum atomic E-state index is -4.77. The summed E-state index contributed by atoms with van der Waals surface area (Å²) in [6, 6.07) is -1.98. The Morgan fingerprint density at radius 3 is 1.47 bits per heavy atom. The van der Waals surface area contributed by atoms with Gasteiger partial charge in [0.1, 0.15) is 0 Å². The van der Waals surface area contributed by atoms with Gasteiger partial charge in [0.15, 0.2) is 0 Å². The summed E-state index contributed by atoms with van der Waals surface area (Å²) in [4.78, 5) is 1.37. The minimum absolute atomic E-state index is 0.218. The molecule has 7 heteroatoms. The zero-order valence-corrected chi connectivity index (χ0v) is 9.15. The van der Waals surface area contributed by atoms with Crippen molar-refractivity contribution in [3.63, 3.8) is 0 Å². The zero-order chi connectivity index (χ0) is 13.0. The van der Waals surface area contributed by atoms with Gasteiger partial charge in [0.2, 0.25) is 0 Å². The van der Waals surface area contributed by atoms with Gasteiger partial charge in [-0.05, 0) is 19.4 Å². The van der Waals surface area contributed by atoms with Gasteiger partial charge < -0.3 is 0 Å². The number of hydrogen-bond acceptors (Lipinski definition) is 1. The predicted molar refractivity (Wildman–Crippen MR) is 48.3 cm³/mol. The number of alkyl halides is 6. The monoisotopic (exact) mass is 261 g/mol. The highest BCUT2D eigenvalue weighted by Gasteiger charge is 2.69. The molecule has 0 aliphatic carbocycles. The Hall–Kier alpha value is -0.460. The summed E-state index contributed by atoms with van der Waals surface area (Å²) in [6.45, 7) is 1.85. The Bertz CT molecular complexity index is 268. The zero-order valence-electron chi connectivity index (χ0n) is 9.15. The molecular formula is C10H13F6N. The minimum Gasteiger partial charge on any atom is -0.296 e. The Morgan fingerprint density at radius 1 is 0.882 bits per heavy atom. The molecule has 0 aromatic rings. The molecule has 2 fully saturated rings. The lowest BCUT2D eigenvalue weighted by Crippen LogP contribution is -2.45. The molecule has 0 N–H and O–H groups in total. The van der Waals surface area contributed by atoms with E-state index in [-0.39, 0.29) is 19.4 Å². The van der Waals surface area contributed by atoms with Crippen LogP contribution in [0.25, 0.3) is 0 Å². The Morgan fingerprint density at radius 2 is 1.24 bits per heavy atom. The van der Waals surface area contributed by atoms with Crippen molar-refractivity contribution in [1.29, 1.82) is 0 Å². The highest BCUT2D eigenvalue weighted by atomic mass is 19.4. The van der Waals surface area contributed by atoms with Crippen molar-refractivity contribution in [1.82, 2.24) is 4.90 Å². The molecule has 2 bridgehead atoms. The summed E-state index contributed by atoms with van der Waals surface area (Å²) < 4.78 is 76.7. The SMILES string of the molecule is CCN1C2CCC1[C@H](C(F)(F)F)[C@@H]2C(F)(F)F. The number of nitrogens with zero attached hydrogens (tertiary/aromatic N) is 1. The second kappa shape index (κ2) is 3.76. The van der Waals surface area contributed by atoms with Crippen LogP contribution in [0.5, 0.6) is 0 Å². The van der Waals surface area contributed by atoms with Gasteiger partial charge in [-0.2, -0.15) is 26.3 Å². The van der Waals surface area contributed by atoms with E-state index in [9.17, 15) is 26.3 Å². The van der Waals surface area contributed by atoms with Crippen LogP contribution >= 0.6 is 0 Å². The molecule has 2 unspecified atom stereocenters. The van der Waals surface area contributed by atoms with Gasteiger partial charge in [-0.1, -0.05) is 6.92 Å². The lowest BCUT2D eigenvalue weighted by molar-refractivity contribution is -0.254. The summed E-state index contributed by atoms with van der Waals surface area (Å²) in [5.74, 6) is -4.50. The summed E-state index contributed by atoms with van der Waals surface area (Å²) in [6.07, 6.45) is -9.11. The van der Waals surface area contributed by atoms with Crippen molar-refractivity contribution < 1.29 is 26.3 Å². The highest BCUT2D eigenvalue weighted by Crippen LogP contribution is 2.56. The van der Waals surface area contributed by atoms with Crippen molar-refractivity contribution in [3.05, 3.63) is 0 Å². The van der Waals surface area contributed by atoms with Crippen LogP contribution < -0.4 is 0 Å². The first-order valence-electron chi connectivity index (χ1n) is 5.57. The van der Waals surface area contributed by atoms with Gasteiger partial charge in [-0.3, -0.25) is 4.90 Å². The molecule has 2 heterocycles. The van der Waals surface area contributed by atoms with E-state index in [4.69, 9.17) is 0 Å². The van der Waals surface area contributed by atoms with E-state index in [1.807, 2.05) is 0 Å². The molecule has 2 aliphatic rings. The maximum Gasteiger partial charge on any atom is 0.393 e. The van der Waals surface area contributed by atoms with Gasteiger partial charge in [-0.25, -0.2) is 0 Å². The van der Waals surface area contributed by atoms with Crippen LogP contribution in [0.15, 0.2) is 0 Å². The molecule has 2 rings (SSSR count). The predicted octanol–water partition coefficient (Wildman–Crippen LogP) is 3.21. The van der Waals surface area contributed by atoms with Crippen molar-refractivity contribution in [2.45, 2.75) is 44.2 Å². The molecule has 0 amide bonds. The molecule has 0 saturated carbocycles. The maximum atomic E-state index is 12.8. The molecule has 1 nitrogen and oxygen atoms in total. The fraction of sp³-hybridized carbons (Fsp3) is 1.00. The summed E-state index contributed by atoms with van der Waals surface area (Å²) >= 11 is 0. The molecule has 0 radical (unpaired) electrons. The van der Waals surface area contributed by atoms with Gasteiger partial charge in [0.05, 0.1) is 11.8 Å². The molecular weight excluding hydrogens is 248 g/mol. The third-order valence-corrected chi connectivity index (χ3v) is 3.95. The van der Waals surface area contributed by atoms with Crippen molar-refractivity contribution in [2.24, 2.45) is 11.8 Å². The fourth-order valence-corrected chi connectivity index (χ4v) is 3.48. The maximum absolute atomic E-state index is 12.8. The third-order valence-electron chi connectivity index (χ3n) is 3.95. The van der Waals surface area contributed by atoms with Crippen molar-refractivity contribution >= 4 is 0 Å². The van der Waals surface area contributed by atoms with Gasteiger partial charge in [0.25, 0.3) is 0 Å². The van der Waals surface area contributed by atoms with Gasteiger partial charge in [0, 0.05) is 12.1 Å². The second-order valence-electron chi connectivity index (χ2n) is 4.68. The first kappa shape index (κ1) is 13.0. The number of rotatable bonds is 1. The lowest BCUT2D eigenvalue weighted by Gasteiger charge is -2.32. The first-order valence-corrected chi connectivity index (χ1v) is 5.57. The van der Waals surface area contributed by atoms with E-state index >= 15 is 0 Å². The van der Waals surface area contributed by atoms with Gasteiger partial charge >= 0.3 is 12.4 Å². The third kappa shape index (κ3) is 1.92. The Kier molecular flexibility index (Phi) is 2.88. The van der Waals surface area contributed by atoms with Crippen LogP contribution in [-0.2, 0) is 0 Å². The molecule has 0 spiro atoms. The van der Waals surface area contributed by atoms with Crippen LogP contribution in [0.1, 0.15) is 19.8 Å². The largest absolute Gasteiger partial charge is 0.393 e. The van der Waals surface area contributed by atoms with E-state index in [0.717, 1.165) is 0 Å². The molecule has 17 heavy (non-hydrogen) atoms. The van der Waals surface area contributed by atoms with Gasteiger partial charge in [-0.15, -0.1) is 0 Å². The van der Waals surface area contributed by atoms with Crippen molar-refractivity contribution in [3.8, 4) is 0 Å². The molecule has 0 aromatic carbocycles. The smallest absolute Gasteiger partial charge is 0.296 e. The topological polar surface area (TPSA) is 3.24 Å². The van der Waals surface area contributed by atoms with Crippen LogP contribution in [0.4, 0.5) is 26.3 Å².